The predicted molar refractivity (Wildman–Crippen MR) is 122 cm³/mol. The fourth-order valence-electron chi connectivity index (χ4n) is 5.61. The fourth-order valence-corrected chi connectivity index (χ4v) is 5.61. The molecule has 2 aromatic heterocycles. The molecule has 32 heavy (non-hydrogen) atoms. The largest absolute Gasteiger partial charge is 0.396 e. The zero-order valence-electron chi connectivity index (χ0n) is 18.4. The Balaban J connectivity index is 1.58. The number of nitrogens with one attached hydrogen (secondary N) is 1. The third-order valence-corrected chi connectivity index (χ3v) is 7.41. The molecule has 1 amide bonds. The number of nitrogens with zero attached hydrogens (tertiary/aromatic N) is 3. The average Bonchev–Trinajstić information content (AvgIpc) is 2.98. The van der Waals surface area contributed by atoms with E-state index in [0.717, 1.165) is 30.5 Å². The van der Waals surface area contributed by atoms with Crippen LogP contribution in [0.2, 0.25) is 0 Å². The minimum absolute atomic E-state index is 0.000548. The summed E-state index contributed by atoms with van der Waals surface area (Å²) >= 11 is 0. The van der Waals surface area contributed by atoms with E-state index in [2.05, 4.69) is 15.2 Å². The van der Waals surface area contributed by atoms with Gasteiger partial charge < -0.3 is 15.0 Å². The first-order valence-corrected chi connectivity index (χ1v) is 11.5. The van der Waals surface area contributed by atoms with Gasteiger partial charge in [0, 0.05) is 61.3 Å². The molecule has 3 aliphatic rings. The van der Waals surface area contributed by atoms with Gasteiger partial charge in [0.05, 0.1) is 12.0 Å². The third kappa shape index (κ3) is 3.49. The van der Waals surface area contributed by atoms with Gasteiger partial charge in [0.2, 0.25) is 5.91 Å². The maximum Gasteiger partial charge on any atom is 0.258 e. The smallest absolute Gasteiger partial charge is 0.258 e. The first kappa shape index (κ1) is 21.1. The van der Waals surface area contributed by atoms with Crippen molar-refractivity contribution in [2.75, 3.05) is 6.61 Å². The highest BCUT2D eigenvalue weighted by Gasteiger charge is 2.55. The molecule has 0 radical (unpaired) electrons. The molecule has 0 spiro atoms. The number of hydrogen-bond acceptors (Lipinski definition) is 5. The van der Waals surface area contributed by atoms with Gasteiger partial charge in [-0.3, -0.25) is 19.5 Å². The monoisotopic (exact) mass is 434 g/mol. The summed E-state index contributed by atoms with van der Waals surface area (Å²) in [6.07, 6.45) is 10.4. The summed E-state index contributed by atoms with van der Waals surface area (Å²) in [7, 11) is 0. The average molecular weight is 435 g/mol. The summed E-state index contributed by atoms with van der Waals surface area (Å²) in [5.74, 6) is -0.626. The molecule has 2 bridgehead atoms. The molecule has 0 unspecified atom stereocenters. The van der Waals surface area contributed by atoms with E-state index in [1.165, 1.54) is 0 Å². The standard InChI is InChI=1S/C25H30N4O3/c1-2-4-17-7-8-20-23-22(24(31)27-18-5-3-6-18)19(15-30)21(14-29(20)25(17)32)28(23)13-16-9-11-26-12-10-16/h2,4,7-12,18-19,21-23,30H,3,5-6,13-15H2,1H3,(H,27,31)/b4-2-/t19-,21-,22+,23+/m0/s1. The minimum Gasteiger partial charge on any atom is -0.396 e. The van der Waals surface area contributed by atoms with Crippen LogP contribution >= 0.6 is 0 Å². The Hall–Kier alpha value is -2.77. The van der Waals surface area contributed by atoms with Crippen molar-refractivity contribution in [3.05, 3.63) is 69.9 Å². The first-order valence-electron chi connectivity index (χ1n) is 11.5. The molecule has 7 heteroatoms. The van der Waals surface area contributed by atoms with Crippen molar-refractivity contribution in [3.8, 4) is 0 Å². The van der Waals surface area contributed by atoms with E-state index >= 15 is 0 Å². The summed E-state index contributed by atoms with van der Waals surface area (Å²) in [5, 5.41) is 13.6. The molecule has 4 heterocycles. The molecule has 4 atom stereocenters. The second kappa shape index (κ2) is 8.64. The number of aliphatic hydroxyl groups is 1. The summed E-state index contributed by atoms with van der Waals surface area (Å²) in [6, 6.07) is 7.68. The topological polar surface area (TPSA) is 87.5 Å². The summed E-state index contributed by atoms with van der Waals surface area (Å²) in [5.41, 5.74) is 2.58. The highest BCUT2D eigenvalue weighted by atomic mass is 16.3. The van der Waals surface area contributed by atoms with Crippen molar-refractivity contribution < 1.29 is 9.90 Å². The van der Waals surface area contributed by atoms with Gasteiger partial charge in [-0.2, -0.15) is 0 Å². The van der Waals surface area contributed by atoms with Crippen LogP contribution in [0.25, 0.3) is 6.08 Å². The van der Waals surface area contributed by atoms with Crippen LogP contribution in [0.3, 0.4) is 0 Å². The van der Waals surface area contributed by atoms with Crippen LogP contribution in [0.1, 0.15) is 49.0 Å². The van der Waals surface area contributed by atoms with Crippen LogP contribution in [0.4, 0.5) is 0 Å². The SMILES string of the molecule is C/C=C\c1ccc2n(c1=O)C[C@H]1[C@H](CO)[C@@H](C(=O)NC3CCC3)[C@@H]2N1Cc1ccncc1. The highest BCUT2D eigenvalue weighted by molar-refractivity contribution is 5.81. The molecule has 2 aliphatic heterocycles. The van der Waals surface area contributed by atoms with E-state index in [4.69, 9.17) is 0 Å². The molecular formula is C25H30N4O3. The maximum atomic E-state index is 13.5. The Morgan fingerprint density at radius 1 is 1.25 bits per heavy atom. The molecular weight excluding hydrogens is 404 g/mol. The Labute approximate surface area is 187 Å². The lowest BCUT2D eigenvalue weighted by Crippen LogP contribution is -2.47. The number of carbonyl (C=O) groups is 1. The third-order valence-electron chi connectivity index (χ3n) is 7.41. The number of aliphatic hydroxyl groups excluding tert-OH is 1. The van der Waals surface area contributed by atoms with Gasteiger partial charge in [-0.15, -0.1) is 0 Å². The van der Waals surface area contributed by atoms with Crippen LogP contribution in [0, 0.1) is 11.8 Å². The number of rotatable bonds is 6. The Bertz CT molecular complexity index is 1080. The van der Waals surface area contributed by atoms with Crippen molar-refractivity contribution in [1.29, 1.82) is 0 Å². The van der Waals surface area contributed by atoms with Crippen molar-refractivity contribution >= 4 is 12.0 Å². The predicted octanol–water partition coefficient (Wildman–Crippen LogP) is 2.11. The first-order chi connectivity index (χ1) is 15.6. The van der Waals surface area contributed by atoms with Gasteiger partial charge in [-0.25, -0.2) is 0 Å². The fraction of sp³-hybridized carbons (Fsp3) is 0.480. The maximum absolute atomic E-state index is 13.5. The number of pyridine rings is 2. The second-order valence-electron chi connectivity index (χ2n) is 9.18. The van der Waals surface area contributed by atoms with Crippen LogP contribution in [0.15, 0.2) is 47.5 Å². The summed E-state index contributed by atoms with van der Waals surface area (Å²) in [4.78, 5) is 33.1. The lowest BCUT2D eigenvalue weighted by atomic mass is 9.85. The zero-order chi connectivity index (χ0) is 22.2. The van der Waals surface area contributed by atoms with E-state index in [0.29, 0.717) is 18.7 Å². The van der Waals surface area contributed by atoms with E-state index < -0.39 is 5.92 Å². The molecule has 2 N–H and O–H groups in total. The van der Waals surface area contributed by atoms with Crippen molar-refractivity contribution in [2.24, 2.45) is 11.8 Å². The number of fused-ring (bicyclic) bond motifs is 4. The van der Waals surface area contributed by atoms with Crippen LogP contribution in [-0.4, -0.2) is 44.2 Å². The molecule has 1 saturated carbocycles. The lowest BCUT2D eigenvalue weighted by Gasteiger charge is -2.38. The quantitative estimate of drug-likeness (QED) is 0.727. The second-order valence-corrected chi connectivity index (χ2v) is 9.18. The molecule has 2 aromatic rings. The van der Waals surface area contributed by atoms with Gasteiger partial charge in [0.1, 0.15) is 0 Å². The molecule has 1 aliphatic carbocycles. The van der Waals surface area contributed by atoms with Gasteiger partial charge >= 0.3 is 0 Å². The number of amides is 1. The van der Waals surface area contributed by atoms with Gasteiger partial charge in [-0.05, 0) is 56.0 Å². The van der Waals surface area contributed by atoms with Gasteiger partial charge in [-0.1, -0.05) is 12.2 Å². The highest BCUT2D eigenvalue weighted by Crippen LogP contribution is 2.49. The molecule has 7 nitrogen and oxygen atoms in total. The van der Waals surface area contributed by atoms with Crippen molar-refractivity contribution in [2.45, 2.75) is 57.4 Å². The number of hydrogen-bond donors (Lipinski definition) is 2. The summed E-state index contributed by atoms with van der Waals surface area (Å²) in [6.45, 7) is 2.93. The lowest BCUT2D eigenvalue weighted by molar-refractivity contribution is -0.128. The van der Waals surface area contributed by atoms with E-state index in [9.17, 15) is 14.7 Å². The van der Waals surface area contributed by atoms with Gasteiger partial charge in [0.15, 0.2) is 0 Å². The molecule has 5 rings (SSSR count). The molecule has 1 saturated heterocycles. The molecule has 2 fully saturated rings. The van der Waals surface area contributed by atoms with Gasteiger partial charge in [0.25, 0.3) is 5.56 Å². The Kier molecular flexibility index (Phi) is 5.69. The van der Waals surface area contributed by atoms with Crippen LogP contribution < -0.4 is 10.9 Å². The number of aromatic nitrogens is 2. The van der Waals surface area contributed by atoms with E-state index in [-0.39, 0.29) is 42.1 Å². The summed E-state index contributed by atoms with van der Waals surface area (Å²) < 4.78 is 1.83. The Morgan fingerprint density at radius 3 is 2.69 bits per heavy atom. The van der Waals surface area contributed by atoms with E-state index in [1.54, 1.807) is 12.4 Å². The zero-order valence-corrected chi connectivity index (χ0v) is 18.4. The molecule has 0 aromatic carbocycles. The van der Waals surface area contributed by atoms with Crippen LogP contribution in [-0.2, 0) is 17.9 Å². The van der Waals surface area contributed by atoms with Crippen LogP contribution in [0.5, 0.6) is 0 Å². The van der Waals surface area contributed by atoms with E-state index in [1.807, 2.05) is 47.9 Å². The van der Waals surface area contributed by atoms with Crippen molar-refractivity contribution in [1.82, 2.24) is 19.8 Å². The van der Waals surface area contributed by atoms with Crippen molar-refractivity contribution in [3.63, 3.8) is 0 Å². The Morgan fingerprint density at radius 2 is 2.03 bits per heavy atom. The number of allylic oxidation sites excluding steroid dienone is 1. The minimum atomic E-state index is -0.395. The normalized spacial score (nSPS) is 27.3. The molecule has 168 valence electrons. The number of carbonyl (C=O) groups excluding carboxylic acids is 1.